The van der Waals surface area contributed by atoms with Gasteiger partial charge < -0.3 is 4.74 Å². The largest absolute Gasteiger partial charge is 0.377 e. The molecular weight excluding hydrogens is 350 g/mol. The van der Waals surface area contributed by atoms with Crippen molar-refractivity contribution in [1.82, 2.24) is 25.1 Å². The van der Waals surface area contributed by atoms with Crippen LogP contribution in [0.3, 0.4) is 0 Å². The Hall–Kier alpha value is -2.57. The van der Waals surface area contributed by atoms with Gasteiger partial charge in [-0.15, -0.1) is 0 Å². The number of methoxy groups -OCH3 is 1. The molecule has 1 fully saturated rings. The van der Waals surface area contributed by atoms with Crippen LogP contribution < -0.4 is 0 Å². The zero-order valence-corrected chi connectivity index (χ0v) is 16.3. The predicted octanol–water partition coefficient (Wildman–Crippen LogP) is 3.32. The molecule has 0 bridgehead atoms. The maximum Gasteiger partial charge on any atom is 0.153 e. The van der Waals surface area contributed by atoms with Crippen LogP contribution in [0, 0.1) is 0 Å². The van der Waals surface area contributed by atoms with E-state index in [2.05, 4.69) is 55.4 Å². The SMILES string of the molecule is COCc1ncc(CN2CCC[C@H](c3[nH]ncc3Cc3ccccc3)C2)cn1. The second kappa shape index (κ2) is 9.08. The molecule has 1 atom stereocenters. The lowest BCUT2D eigenvalue weighted by Gasteiger charge is -2.32. The van der Waals surface area contributed by atoms with Gasteiger partial charge in [0.25, 0.3) is 0 Å². The van der Waals surface area contributed by atoms with Crippen molar-refractivity contribution in [3.63, 3.8) is 0 Å². The topological polar surface area (TPSA) is 66.9 Å². The van der Waals surface area contributed by atoms with Crippen LogP contribution in [0.15, 0.2) is 48.9 Å². The fourth-order valence-electron chi connectivity index (χ4n) is 3.99. The molecule has 1 saturated heterocycles. The average Bonchev–Trinajstić information content (AvgIpc) is 3.19. The normalized spacial score (nSPS) is 17.7. The summed E-state index contributed by atoms with van der Waals surface area (Å²) in [7, 11) is 1.66. The third kappa shape index (κ3) is 4.64. The van der Waals surface area contributed by atoms with Crippen molar-refractivity contribution in [2.45, 2.75) is 38.3 Å². The van der Waals surface area contributed by atoms with Crippen molar-refractivity contribution in [1.29, 1.82) is 0 Å². The van der Waals surface area contributed by atoms with Crippen LogP contribution in [-0.2, 0) is 24.3 Å². The van der Waals surface area contributed by atoms with Gasteiger partial charge in [-0.1, -0.05) is 30.3 Å². The monoisotopic (exact) mass is 377 g/mol. The Morgan fingerprint density at radius 3 is 2.71 bits per heavy atom. The Labute approximate surface area is 166 Å². The van der Waals surface area contributed by atoms with Crippen LogP contribution in [0.1, 0.15) is 47.0 Å². The van der Waals surface area contributed by atoms with Gasteiger partial charge in [-0.25, -0.2) is 9.97 Å². The molecule has 0 saturated carbocycles. The highest BCUT2D eigenvalue weighted by molar-refractivity contribution is 5.29. The molecule has 3 heterocycles. The number of likely N-dealkylation sites (tertiary alicyclic amines) is 1. The van der Waals surface area contributed by atoms with E-state index in [0.29, 0.717) is 12.5 Å². The Kier molecular flexibility index (Phi) is 6.09. The third-order valence-electron chi connectivity index (χ3n) is 5.34. The van der Waals surface area contributed by atoms with Crippen molar-refractivity contribution < 1.29 is 4.74 Å². The number of nitrogens with one attached hydrogen (secondary N) is 1. The fraction of sp³-hybridized carbons (Fsp3) is 0.409. The second-order valence-corrected chi connectivity index (χ2v) is 7.49. The van der Waals surface area contributed by atoms with Crippen molar-refractivity contribution in [2.24, 2.45) is 0 Å². The highest BCUT2D eigenvalue weighted by atomic mass is 16.5. The molecule has 1 N–H and O–H groups in total. The lowest BCUT2D eigenvalue weighted by atomic mass is 9.90. The molecular formula is C22H27N5O. The minimum absolute atomic E-state index is 0.454. The summed E-state index contributed by atoms with van der Waals surface area (Å²) in [5.74, 6) is 1.22. The highest BCUT2D eigenvalue weighted by Crippen LogP contribution is 2.29. The third-order valence-corrected chi connectivity index (χ3v) is 5.34. The van der Waals surface area contributed by atoms with Crippen LogP contribution in [0.5, 0.6) is 0 Å². The molecule has 2 aromatic heterocycles. The minimum Gasteiger partial charge on any atom is -0.377 e. The van der Waals surface area contributed by atoms with Crippen LogP contribution in [0.2, 0.25) is 0 Å². The zero-order chi connectivity index (χ0) is 19.2. The van der Waals surface area contributed by atoms with E-state index in [0.717, 1.165) is 37.4 Å². The molecule has 1 aliphatic heterocycles. The van der Waals surface area contributed by atoms with E-state index in [1.54, 1.807) is 7.11 Å². The maximum atomic E-state index is 5.08. The molecule has 0 amide bonds. The van der Waals surface area contributed by atoms with E-state index < -0.39 is 0 Å². The first-order valence-electron chi connectivity index (χ1n) is 9.89. The van der Waals surface area contributed by atoms with E-state index in [1.807, 2.05) is 18.6 Å². The molecule has 3 aromatic rings. The van der Waals surface area contributed by atoms with Gasteiger partial charge in [-0.05, 0) is 30.5 Å². The zero-order valence-electron chi connectivity index (χ0n) is 16.3. The molecule has 28 heavy (non-hydrogen) atoms. The maximum absolute atomic E-state index is 5.08. The number of nitrogens with zero attached hydrogens (tertiary/aromatic N) is 4. The van der Waals surface area contributed by atoms with E-state index in [4.69, 9.17) is 4.74 Å². The predicted molar refractivity (Wildman–Crippen MR) is 108 cm³/mol. The summed E-state index contributed by atoms with van der Waals surface area (Å²) in [4.78, 5) is 11.3. The number of piperidine rings is 1. The lowest BCUT2D eigenvalue weighted by Crippen LogP contribution is -2.34. The first-order valence-corrected chi connectivity index (χ1v) is 9.89. The van der Waals surface area contributed by atoms with Crippen molar-refractivity contribution >= 4 is 0 Å². The first-order chi connectivity index (χ1) is 13.8. The number of hydrogen-bond donors (Lipinski definition) is 1. The van der Waals surface area contributed by atoms with Gasteiger partial charge in [0, 0.05) is 56.2 Å². The summed E-state index contributed by atoms with van der Waals surface area (Å²) in [6, 6.07) is 10.6. The van der Waals surface area contributed by atoms with Crippen LogP contribution in [0.4, 0.5) is 0 Å². The van der Waals surface area contributed by atoms with Gasteiger partial charge in [0.15, 0.2) is 5.82 Å². The van der Waals surface area contributed by atoms with Crippen molar-refractivity contribution in [2.75, 3.05) is 20.2 Å². The van der Waals surface area contributed by atoms with Crippen LogP contribution >= 0.6 is 0 Å². The molecule has 0 aliphatic carbocycles. The standard InChI is InChI=1S/C22H27N5O/c1-28-16-21-23-11-18(12-24-21)14-27-9-5-8-19(15-27)22-20(13-25-26-22)10-17-6-3-2-4-7-17/h2-4,6-7,11-13,19H,5,8-10,14-16H2,1H3,(H,25,26)/t19-/m0/s1. The first kappa shape index (κ1) is 18.8. The van der Waals surface area contributed by atoms with Crippen molar-refractivity contribution in [3.05, 3.63) is 77.1 Å². The van der Waals surface area contributed by atoms with Gasteiger partial charge in [-0.3, -0.25) is 10.00 Å². The number of rotatable bonds is 7. The summed E-state index contributed by atoms with van der Waals surface area (Å²) < 4.78 is 5.08. The quantitative estimate of drug-likeness (QED) is 0.684. The molecule has 1 aromatic carbocycles. The lowest BCUT2D eigenvalue weighted by molar-refractivity contribution is 0.177. The number of ether oxygens (including phenoxy) is 1. The molecule has 0 spiro atoms. The van der Waals surface area contributed by atoms with Crippen molar-refractivity contribution in [3.8, 4) is 0 Å². The van der Waals surface area contributed by atoms with E-state index in [-0.39, 0.29) is 0 Å². The molecule has 1 aliphatic rings. The second-order valence-electron chi connectivity index (χ2n) is 7.49. The van der Waals surface area contributed by atoms with Crippen LogP contribution in [-0.4, -0.2) is 45.3 Å². The Morgan fingerprint density at radius 2 is 1.93 bits per heavy atom. The van der Waals surface area contributed by atoms with Gasteiger partial charge in [0.1, 0.15) is 6.61 Å². The summed E-state index contributed by atoms with van der Waals surface area (Å²) >= 11 is 0. The van der Waals surface area contributed by atoms with Crippen LogP contribution in [0.25, 0.3) is 0 Å². The number of H-pyrrole nitrogens is 1. The van der Waals surface area contributed by atoms with Gasteiger partial charge in [-0.2, -0.15) is 5.10 Å². The van der Waals surface area contributed by atoms with Gasteiger partial charge in [0.05, 0.1) is 6.20 Å². The summed E-state index contributed by atoms with van der Waals surface area (Å²) in [5, 5.41) is 7.64. The summed E-state index contributed by atoms with van der Waals surface area (Å²) in [5.41, 5.74) is 5.08. The highest BCUT2D eigenvalue weighted by Gasteiger charge is 2.24. The number of aromatic nitrogens is 4. The van der Waals surface area contributed by atoms with E-state index >= 15 is 0 Å². The number of benzene rings is 1. The van der Waals surface area contributed by atoms with E-state index in [1.165, 1.54) is 29.7 Å². The molecule has 0 radical (unpaired) electrons. The molecule has 0 unspecified atom stereocenters. The average molecular weight is 377 g/mol. The molecule has 6 heteroatoms. The Bertz CT molecular complexity index is 862. The Morgan fingerprint density at radius 1 is 1.11 bits per heavy atom. The summed E-state index contributed by atoms with van der Waals surface area (Å²) in [6.45, 7) is 3.48. The Balaban J connectivity index is 1.41. The minimum atomic E-state index is 0.454. The number of hydrogen-bond acceptors (Lipinski definition) is 5. The smallest absolute Gasteiger partial charge is 0.153 e. The van der Waals surface area contributed by atoms with Gasteiger partial charge in [0.2, 0.25) is 0 Å². The number of aromatic amines is 1. The fourth-order valence-corrected chi connectivity index (χ4v) is 3.99. The molecule has 4 rings (SSSR count). The van der Waals surface area contributed by atoms with E-state index in [9.17, 15) is 0 Å². The molecule has 6 nitrogen and oxygen atoms in total. The molecule has 146 valence electrons. The van der Waals surface area contributed by atoms with Gasteiger partial charge >= 0.3 is 0 Å². The summed E-state index contributed by atoms with van der Waals surface area (Å²) in [6.07, 6.45) is 9.15.